The van der Waals surface area contributed by atoms with Crippen molar-refractivity contribution in [3.05, 3.63) is 12.2 Å². The van der Waals surface area contributed by atoms with Gasteiger partial charge >= 0.3 is 5.97 Å². The fourth-order valence-electron chi connectivity index (χ4n) is 9.28. The van der Waals surface area contributed by atoms with E-state index in [1.165, 1.54) is 263 Å². The van der Waals surface area contributed by atoms with Gasteiger partial charge in [-0.25, -0.2) is 0 Å². The van der Waals surface area contributed by atoms with E-state index >= 15 is 0 Å². The molecule has 6 heteroatoms. The van der Waals surface area contributed by atoms with E-state index in [2.05, 4.69) is 19.2 Å². The van der Waals surface area contributed by atoms with E-state index in [9.17, 15) is 19.8 Å². The van der Waals surface area contributed by atoms with Crippen molar-refractivity contribution in [2.75, 3.05) is 13.2 Å². The highest BCUT2D eigenvalue weighted by Crippen LogP contribution is 2.17. The minimum absolute atomic E-state index is 0.00677. The fraction of sp³-hybridized carbons (Fsp3) is 0.932. The molecule has 0 aromatic rings. The molecule has 0 aromatic heterocycles. The number of nitrogens with one attached hydrogen (secondary N) is 1. The van der Waals surface area contributed by atoms with Gasteiger partial charge in [-0.15, -0.1) is 0 Å². The van der Waals surface area contributed by atoms with Crippen molar-refractivity contribution in [3.63, 3.8) is 0 Å². The van der Waals surface area contributed by atoms with Gasteiger partial charge in [-0.2, -0.15) is 0 Å². The molecular formula is C59H115NO5. The molecule has 0 radical (unpaired) electrons. The summed E-state index contributed by atoms with van der Waals surface area (Å²) in [6.45, 7) is 4.91. The number of unbranched alkanes of at least 4 members (excludes halogenated alkanes) is 44. The molecule has 0 aromatic carbocycles. The third kappa shape index (κ3) is 51.8. The number of ether oxygens (including phenoxy) is 1. The first-order chi connectivity index (χ1) is 32.0. The standard InChI is InChI=1S/C59H115NO5/c1-3-5-7-9-11-13-15-16-17-18-19-22-25-28-32-35-39-43-47-51-57(62)56(55-61)60-58(63)52-48-44-40-36-33-29-26-23-20-21-24-27-30-34-38-42-46-50-54-65-59(64)53-49-45-41-37-31-14-12-10-8-6-4-2/h47,51,56-57,61-62H,3-46,48-50,52-55H2,1-2H3,(H,60,63)/b51-47+. The average molecular weight is 919 g/mol. The summed E-state index contributed by atoms with van der Waals surface area (Å²) in [6.07, 6.45) is 65.2. The van der Waals surface area contributed by atoms with Crippen LogP contribution in [0.4, 0.5) is 0 Å². The van der Waals surface area contributed by atoms with Crippen molar-refractivity contribution in [3.8, 4) is 0 Å². The Bertz CT molecular complexity index is 970. The summed E-state index contributed by atoms with van der Waals surface area (Å²) in [5.74, 6) is -0.0621. The van der Waals surface area contributed by atoms with Gasteiger partial charge in [0.15, 0.2) is 0 Å². The van der Waals surface area contributed by atoms with E-state index in [1.54, 1.807) is 6.08 Å². The first-order valence-corrected chi connectivity index (χ1v) is 29.5. The van der Waals surface area contributed by atoms with E-state index in [4.69, 9.17) is 4.74 Å². The average Bonchev–Trinajstić information content (AvgIpc) is 3.31. The van der Waals surface area contributed by atoms with Crippen LogP contribution in [0.3, 0.4) is 0 Å². The molecule has 0 saturated carbocycles. The first-order valence-electron chi connectivity index (χ1n) is 29.5. The van der Waals surface area contributed by atoms with E-state index in [1.807, 2.05) is 6.08 Å². The number of carbonyl (C=O) groups is 2. The first kappa shape index (κ1) is 63.6. The third-order valence-electron chi connectivity index (χ3n) is 13.8. The molecular weight excluding hydrogens is 803 g/mol. The molecule has 6 nitrogen and oxygen atoms in total. The molecule has 0 spiro atoms. The summed E-state index contributed by atoms with van der Waals surface area (Å²) in [4.78, 5) is 24.5. The summed E-state index contributed by atoms with van der Waals surface area (Å²) >= 11 is 0. The second-order valence-electron chi connectivity index (χ2n) is 20.3. The molecule has 2 atom stereocenters. The number of carbonyl (C=O) groups excluding carboxylic acids is 2. The summed E-state index contributed by atoms with van der Waals surface area (Å²) in [5, 5.41) is 23.2. The summed E-state index contributed by atoms with van der Waals surface area (Å²) in [5.41, 5.74) is 0. The highest BCUT2D eigenvalue weighted by Gasteiger charge is 2.18. The lowest BCUT2D eigenvalue weighted by Crippen LogP contribution is -2.45. The minimum Gasteiger partial charge on any atom is -0.466 e. The van der Waals surface area contributed by atoms with Crippen molar-refractivity contribution in [2.24, 2.45) is 0 Å². The maximum atomic E-state index is 12.5. The third-order valence-corrected chi connectivity index (χ3v) is 13.8. The zero-order valence-corrected chi connectivity index (χ0v) is 44.0. The topological polar surface area (TPSA) is 95.9 Å². The number of allylic oxidation sites excluding steroid dienone is 1. The lowest BCUT2D eigenvalue weighted by Gasteiger charge is -2.20. The molecule has 0 aliphatic carbocycles. The Balaban J connectivity index is 3.44. The zero-order chi connectivity index (χ0) is 47.2. The van der Waals surface area contributed by atoms with Crippen molar-refractivity contribution in [2.45, 2.75) is 341 Å². The van der Waals surface area contributed by atoms with Crippen molar-refractivity contribution >= 4 is 11.9 Å². The lowest BCUT2D eigenvalue weighted by molar-refractivity contribution is -0.143. The van der Waals surface area contributed by atoms with E-state index < -0.39 is 12.1 Å². The maximum absolute atomic E-state index is 12.5. The molecule has 0 saturated heterocycles. The highest BCUT2D eigenvalue weighted by molar-refractivity contribution is 5.76. The number of amides is 1. The van der Waals surface area contributed by atoms with Gasteiger partial charge < -0.3 is 20.3 Å². The molecule has 0 rings (SSSR count). The molecule has 1 amide bonds. The van der Waals surface area contributed by atoms with E-state index in [0.717, 1.165) is 38.5 Å². The highest BCUT2D eigenvalue weighted by atomic mass is 16.5. The maximum Gasteiger partial charge on any atom is 0.305 e. The molecule has 0 bridgehead atoms. The summed E-state index contributed by atoms with van der Waals surface area (Å²) in [7, 11) is 0. The van der Waals surface area contributed by atoms with Crippen molar-refractivity contribution in [1.29, 1.82) is 0 Å². The molecule has 65 heavy (non-hydrogen) atoms. The van der Waals surface area contributed by atoms with Crippen LogP contribution in [-0.4, -0.2) is 47.4 Å². The molecule has 2 unspecified atom stereocenters. The summed E-state index contributed by atoms with van der Waals surface area (Å²) in [6, 6.07) is -0.630. The quantitative estimate of drug-likeness (QED) is 0.0321. The molecule has 386 valence electrons. The molecule has 3 N–H and O–H groups in total. The Morgan fingerprint density at radius 3 is 1.05 bits per heavy atom. The zero-order valence-electron chi connectivity index (χ0n) is 44.0. The normalized spacial score (nSPS) is 12.6. The monoisotopic (exact) mass is 918 g/mol. The van der Waals surface area contributed by atoms with Gasteiger partial charge in [0.25, 0.3) is 0 Å². The molecule has 0 fully saturated rings. The Kier molecular flexibility index (Phi) is 54.0. The Morgan fingerprint density at radius 2 is 0.708 bits per heavy atom. The number of aliphatic hydroxyl groups is 2. The van der Waals surface area contributed by atoms with Crippen molar-refractivity contribution < 1.29 is 24.5 Å². The van der Waals surface area contributed by atoms with Gasteiger partial charge in [0.05, 0.1) is 25.4 Å². The largest absolute Gasteiger partial charge is 0.466 e. The Morgan fingerprint density at radius 1 is 0.415 bits per heavy atom. The lowest BCUT2D eigenvalue weighted by atomic mass is 10.0. The van der Waals surface area contributed by atoms with Gasteiger partial charge in [0.1, 0.15) is 0 Å². The van der Waals surface area contributed by atoms with Gasteiger partial charge in [0.2, 0.25) is 5.91 Å². The van der Waals surface area contributed by atoms with E-state index in [0.29, 0.717) is 19.4 Å². The number of rotatable bonds is 55. The predicted molar refractivity (Wildman–Crippen MR) is 283 cm³/mol. The second kappa shape index (κ2) is 55.2. The summed E-state index contributed by atoms with van der Waals surface area (Å²) < 4.78 is 5.46. The van der Waals surface area contributed by atoms with Gasteiger partial charge in [-0.3, -0.25) is 9.59 Å². The number of aliphatic hydroxyl groups excluding tert-OH is 2. The Hall–Kier alpha value is -1.40. The van der Waals surface area contributed by atoms with Crippen molar-refractivity contribution in [1.82, 2.24) is 5.32 Å². The van der Waals surface area contributed by atoms with Crippen LogP contribution in [0.25, 0.3) is 0 Å². The van der Waals surface area contributed by atoms with Crippen LogP contribution in [0.2, 0.25) is 0 Å². The van der Waals surface area contributed by atoms with Crippen LogP contribution >= 0.6 is 0 Å². The molecule has 0 aliphatic heterocycles. The van der Waals surface area contributed by atoms with Crippen LogP contribution < -0.4 is 5.32 Å². The molecule has 0 aliphatic rings. The second-order valence-corrected chi connectivity index (χ2v) is 20.3. The smallest absolute Gasteiger partial charge is 0.305 e. The van der Waals surface area contributed by atoms with Crippen LogP contribution in [0.1, 0.15) is 328 Å². The predicted octanol–water partition coefficient (Wildman–Crippen LogP) is 18.1. The van der Waals surface area contributed by atoms with Crippen LogP contribution in [0, 0.1) is 0 Å². The fourth-order valence-corrected chi connectivity index (χ4v) is 9.28. The van der Waals surface area contributed by atoms with E-state index in [-0.39, 0.29) is 18.5 Å². The number of hydrogen-bond donors (Lipinski definition) is 3. The van der Waals surface area contributed by atoms with Crippen LogP contribution in [0.5, 0.6) is 0 Å². The van der Waals surface area contributed by atoms with Crippen LogP contribution in [-0.2, 0) is 14.3 Å². The minimum atomic E-state index is -0.847. The number of hydrogen-bond acceptors (Lipinski definition) is 5. The van der Waals surface area contributed by atoms with Gasteiger partial charge in [0, 0.05) is 12.8 Å². The van der Waals surface area contributed by atoms with Gasteiger partial charge in [-0.05, 0) is 32.1 Å². The SMILES string of the molecule is CCCCCCCCCCCCCCCCCCC/C=C/C(O)C(CO)NC(=O)CCCCCCCCCCCCCCCCCCCCOC(=O)CCCCCCCCCCCCC. The number of esters is 1. The van der Waals surface area contributed by atoms with Crippen LogP contribution in [0.15, 0.2) is 12.2 Å². The Labute approximate surface area is 406 Å². The molecule has 0 heterocycles. The van der Waals surface area contributed by atoms with Gasteiger partial charge in [-0.1, -0.05) is 296 Å².